The van der Waals surface area contributed by atoms with Gasteiger partial charge >= 0.3 is 0 Å². The first-order chi connectivity index (χ1) is 15.5. The van der Waals surface area contributed by atoms with Crippen molar-refractivity contribution in [3.05, 3.63) is 93.2 Å². The van der Waals surface area contributed by atoms with E-state index in [0.29, 0.717) is 6.54 Å². The van der Waals surface area contributed by atoms with Crippen molar-refractivity contribution in [2.45, 2.75) is 18.9 Å². The van der Waals surface area contributed by atoms with Crippen LogP contribution < -0.4 is 16.6 Å². The van der Waals surface area contributed by atoms with E-state index < -0.39 is 23.1 Å². The van der Waals surface area contributed by atoms with Crippen molar-refractivity contribution < 1.29 is 9.90 Å². The van der Waals surface area contributed by atoms with Gasteiger partial charge in [0.25, 0.3) is 5.56 Å². The molecule has 0 saturated carbocycles. The molecule has 5 N–H and O–H groups in total. The van der Waals surface area contributed by atoms with Crippen LogP contribution in [0.1, 0.15) is 33.9 Å². The van der Waals surface area contributed by atoms with E-state index in [1.807, 2.05) is 54.6 Å². The van der Waals surface area contributed by atoms with Crippen molar-refractivity contribution in [1.29, 1.82) is 5.26 Å². The average Bonchev–Trinajstić information content (AvgIpc) is 2.82. The van der Waals surface area contributed by atoms with Crippen molar-refractivity contribution >= 4 is 5.91 Å². The molecule has 2 aromatic carbocycles. The minimum atomic E-state index is -0.941. The highest BCUT2D eigenvalue weighted by Gasteiger charge is 2.26. The number of hydrogen-bond acceptors (Lipinski definition) is 6. The van der Waals surface area contributed by atoms with Crippen molar-refractivity contribution in [2.75, 3.05) is 6.54 Å². The van der Waals surface area contributed by atoms with Crippen molar-refractivity contribution in [3.63, 3.8) is 0 Å². The topological polar surface area (TPSA) is 145 Å². The van der Waals surface area contributed by atoms with E-state index in [9.17, 15) is 14.7 Å². The van der Waals surface area contributed by atoms with E-state index >= 15 is 0 Å². The van der Waals surface area contributed by atoms with Gasteiger partial charge in [-0.15, -0.1) is 0 Å². The van der Waals surface area contributed by atoms with Crippen LogP contribution in [0.25, 0.3) is 0 Å². The van der Waals surface area contributed by atoms with Gasteiger partial charge in [-0.1, -0.05) is 36.1 Å². The Morgan fingerprint density at radius 2 is 1.69 bits per heavy atom. The lowest BCUT2D eigenvalue weighted by atomic mass is 9.94. The highest BCUT2D eigenvalue weighted by molar-refractivity contribution is 5.84. The minimum Gasteiger partial charge on any atom is -0.502 e. The molecule has 0 fully saturated rings. The smallest absolute Gasteiger partial charge is 0.293 e. The van der Waals surface area contributed by atoms with Crippen LogP contribution in [0.4, 0.5) is 0 Å². The molecule has 0 bridgehead atoms. The number of nitrogens with two attached hydrogens (primary N) is 1. The Kier molecular flexibility index (Phi) is 7.37. The summed E-state index contributed by atoms with van der Waals surface area (Å²) in [6.45, 7) is 0.287. The Hall–Kier alpha value is -4.40. The van der Waals surface area contributed by atoms with E-state index in [4.69, 9.17) is 11.0 Å². The van der Waals surface area contributed by atoms with E-state index in [1.165, 1.54) is 0 Å². The second-order valence-electron chi connectivity index (χ2n) is 6.95. The zero-order valence-electron chi connectivity index (χ0n) is 17.1. The third kappa shape index (κ3) is 5.60. The van der Waals surface area contributed by atoms with Crippen molar-refractivity contribution in [2.24, 2.45) is 5.73 Å². The molecule has 8 heteroatoms. The van der Waals surface area contributed by atoms with Gasteiger partial charge < -0.3 is 21.1 Å². The molecular weight excluding hydrogens is 406 g/mol. The number of aromatic nitrogens is 2. The van der Waals surface area contributed by atoms with Gasteiger partial charge in [-0.25, -0.2) is 4.98 Å². The number of amides is 1. The van der Waals surface area contributed by atoms with Gasteiger partial charge in [-0.2, -0.15) is 5.26 Å². The summed E-state index contributed by atoms with van der Waals surface area (Å²) in [6, 6.07) is 16.8. The summed E-state index contributed by atoms with van der Waals surface area (Å²) < 4.78 is 0. The molecule has 3 aromatic rings. The molecule has 0 spiro atoms. The van der Waals surface area contributed by atoms with Crippen LogP contribution in [-0.4, -0.2) is 27.5 Å². The van der Waals surface area contributed by atoms with Gasteiger partial charge in [0.2, 0.25) is 11.7 Å². The van der Waals surface area contributed by atoms with Gasteiger partial charge in [0.1, 0.15) is 12.2 Å². The predicted molar refractivity (Wildman–Crippen MR) is 118 cm³/mol. The molecule has 0 aliphatic heterocycles. The van der Waals surface area contributed by atoms with Crippen LogP contribution in [0, 0.1) is 23.2 Å². The van der Waals surface area contributed by atoms with Crippen LogP contribution in [0.3, 0.4) is 0 Å². The largest absolute Gasteiger partial charge is 0.502 e. The molecule has 32 heavy (non-hydrogen) atoms. The number of rotatable bonds is 6. The van der Waals surface area contributed by atoms with Crippen molar-refractivity contribution in [1.82, 2.24) is 15.3 Å². The van der Waals surface area contributed by atoms with Gasteiger partial charge in [-0.05, 0) is 41.8 Å². The summed E-state index contributed by atoms with van der Waals surface area (Å²) in [7, 11) is 0. The van der Waals surface area contributed by atoms with E-state index in [2.05, 4.69) is 27.1 Å². The SMILES string of the molecule is N#CCNC(=O)C(Cc1ccc(C#Cc2ccc(CN)cc2)cc1)c1nc[nH]c(=O)c1O. The van der Waals surface area contributed by atoms with Crippen LogP contribution >= 0.6 is 0 Å². The predicted octanol–water partition coefficient (Wildman–Crippen LogP) is 1.30. The number of aromatic hydroxyl groups is 1. The van der Waals surface area contributed by atoms with Crippen LogP contribution in [-0.2, 0) is 17.8 Å². The van der Waals surface area contributed by atoms with Gasteiger partial charge in [0, 0.05) is 17.7 Å². The Balaban J connectivity index is 1.80. The molecule has 3 rings (SSSR count). The quantitative estimate of drug-likeness (QED) is 0.345. The summed E-state index contributed by atoms with van der Waals surface area (Å²) in [6.07, 6.45) is 1.30. The lowest BCUT2D eigenvalue weighted by molar-refractivity contribution is -0.122. The monoisotopic (exact) mass is 427 g/mol. The van der Waals surface area contributed by atoms with Crippen LogP contribution in [0.15, 0.2) is 59.7 Å². The van der Waals surface area contributed by atoms with E-state index in [-0.39, 0.29) is 18.7 Å². The summed E-state index contributed by atoms with van der Waals surface area (Å²) in [5.74, 6) is 4.10. The van der Waals surface area contributed by atoms with Gasteiger partial charge in [-0.3, -0.25) is 9.59 Å². The Bertz CT molecular complexity index is 1250. The van der Waals surface area contributed by atoms with Gasteiger partial charge in [0.15, 0.2) is 0 Å². The number of carbonyl (C=O) groups is 1. The number of carbonyl (C=O) groups excluding carboxylic acids is 1. The fourth-order valence-corrected chi connectivity index (χ4v) is 3.05. The minimum absolute atomic E-state index is 0.0472. The Morgan fingerprint density at radius 1 is 1.09 bits per heavy atom. The second-order valence-corrected chi connectivity index (χ2v) is 6.95. The summed E-state index contributed by atoms with van der Waals surface area (Å²) in [5.41, 5.74) is 8.29. The van der Waals surface area contributed by atoms with E-state index in [1.54, 1.807) is 0 Å². The highest BCUT2D eigenvalue weighted by Crippen LogP contribution is 2.24. The number of hydrogen-bond donors (Lipinski definition) is 4. The summed E-state index contributed by atoms with van der Waals surface area (Å²) in [5, 5.41) is 21.3. The highest BCUT2D eigenvalue weighted by atomic mass is 16.3. The molecule has 0 aliphatic carbocycles. The van der Waals surface area contributed by atoms with Crippen LogP contribution in [0.2, 0.25) is 0 Å². The first kappa shape index (κ1) is 22.3. The Labute approximate surface area is 184 Å². The molecule has 1 aromatic heterocycles. The number of nitrogens with zero attached hydrogens (tertiary/aromatic N) is 2. The third-order valence-corrected chi connectivity index (χ3v) is 4.78. The molecule has 1 atom stereocenters. The van der Waals surface area contributed by atoms with Crippen molar-refractivity contribution in [3.8, 4) is 23.7 Å². The molecule has 8 nitrogen and oxygen atoms in total. The third-order valence-electron chi connectivity index (χ3n) is 4.78. The van der Waals surface area contributed by atoms with E-state index in [0.717, 1.165) is 28.6 Å². The molecule has 0 aliphatic rings. The summed E-state index contributed by atoms with van der Waals surface area (Å²) >= 11 is 0. The average molecular weight is 427 g/mol. The number of nitriles is 1. The molecule has 0 saturated heterocycles. The maximum Gasteiger partial charge on any atom is 0.293 e. The summed E-state index contributed by atoms with van der Waals surface area (Å²) in [4.78, 5) is 30.6. The van der Waals surface area contributed by atoms with Crippen LogP contribution in [0.5, 0.6) is 5.75 Å². The zero-order valence-corrected chi connectivity index (χ0v) is 17.1. The fourth-order valence-electron chi connectivity index (χ4n) is 3.05. The maximum absolute atomic E-state index is 12.6. The van der Waals surface area contributed by atoms with Gasteiger partial charge in [0.05, 0.1) is 18.3 Å². The molecule has 1 amide bonds. The number of H-pyrrole nitrogens is 1. The fraction of sp³-hybridized carbons (Fsp3) is 0.167. The number of aromatic amines is 1. The first-order valence-electron chi connectivity index (χ1n) is 9.83. The zero-order chi connectivity index (χ0) is 22.9. The lowest BCUT2D eigenvalue weighted by Crippen LogP contribution is -2.32. The molecular formula is C24H21N5O3. The first-order valence-corrected chi connectivity index (χ1v) is 9.83. The molecule has 160 valence electrons. The maximum atomic E-state index is 12.6. The second kappa shape index (κ2) is 10.6. The normalized spacial score (nSPS) is 11.0. The lowest BCUT2D eigenvalue weighted by Gasteiger charge is -2.16. The standard InChI is InChI=1S/C24H21N5O3/c25-11-12-27-23(31)20(21-22(30)24(32)29-15-28-21)13-18-7-3-16(4-8-18)1-2-17-5-9-19(14-26)10-6-17/h3-10,15,20,30H,12-14,26H2,(H,27,31)(H,28,29,32). The Morgan fingerprint density at radius 3 is 2.25 bits per heavy atom. The number of nitrogens with one attached hydrogen (secondary N) is 2. The number of benzene rings is 2. The molecule has 1 heterocycles. The molecule has 0 radical (unpaired) electrons. The molecule has 1 unspecified atom stereocenters.